The number of aryl methyl sites for hydroxylation is 1. The van der Waals surface area contributed by atoms with Crippen LogP contribution in [0, 0.1) is 6.92 Å². The van der Waals surface area contributed by atoms with Gasteiger partial charge in [-0.25, -0.2) is 4.79 Å². The first kappa shape index (κ1) is 13.3. The van der Waals surface area contributed by atoms with Crippen LogP contribution in [0.15, 0.2) is 34.9 Å². The Hall–Kier alpha value is -2.14. The first-order valence-electron chi connectivity index (χ1n) is 5.97. The summed E-state index contributed by atoms with van der Waals surface area (Å²) >= 11 is 0. The third kappa shape index (κ3) is 3.42. The number of aromatic carboxylic acids is 1. The molecule has 0 aliphatic heterocycles. The largest absolute Gasteiger partial charge is 0.478 e. The molecule has 100 valence electrons. The lowest BCUT2D eigenvalue weighted by Crippen LogP contribution is -2.19. The number of rotatable bonds is 5. The molecule has 2 rings (SSSR count). The average Bonchev–Trinajstić information content (AvgIpc) is 2.76. The third-order valence-electron chi connectivity index (χ3n) is 2.77. The van der Waals surface area contributed by atoms with Crippen LogP contribution in [0.1, 0.15) is 27.5 Å². The fraction of sp³-hybridized carbons (Fsp3) is 0.286. The van der Waals surface area contributed by atoms with E-state index in [2.05, 4.69) is 4.98 Å². The molecule has 0 saturated heterocycles. The lowest BCUT2D eigenvalue weighted by molar-refractivity contribution is 0.0693. The van der Waals surface area contributed by atoms with Gasteiger partial charge in [0.2, 0.25) is 0 Å². The van der Waals surface area contributed by atoms with E-state index in [4.69, 9.17) is 9.52 Å². The number of hydrogen-bond donors (Lipinski definition) is 1. The smallest absolute Gasteiger partial charge is 0.339 e. The second-order valence-corrected chi connectivity index (χ2v) is 4.51. The molecule has 0 aliphatic carbocycles. The highest BCUT2D eigenvalue weighted by Gasteiger charge is 2.15. The van der Waals surface area contributed by atoms with Crippen LogP contribution in [-0.4, -0.2) is 28.0 Å². The molecule has 5 heteroatoms. The van der Waals surface area contributed by atoms with Gasteiger partial charge in [-0.05, 0) is 32.2 Å². The van der Waals surface area contributed by atoms with Crippen molar-refractivity contribution in [3.63, 3.8) is 0 Å². The predicted octanol–water partition coefficient (Wildman–Crippen LogP) is 2.31. The molecular formula is C14H16N2O3. The molecule has 0 amide bonds. The van der Waals surface area contributed by atoms with Gasteiger partial charge >= 0.3 is 5.97 Å². The summed E-state index contributed by atoms with van der Waals surface area (Å²) < 4.78 is 5.22. The van der Waals surface area contributed by atoms with Gasteiger partial charge in [-0.2, -0.15) is 0 Å². The van der Waals surface area contributed by atoms with Gasteiger partial charge in [0, 0.05) is 12.2 Å². The monoisotopic (exact) mass is 260 g/mol. The Kier molecular flexibility index (Phi) is 3.97. The Morgan fingerprint density at radius 2 is 2.16 bits per heavy atom. The zero-order valence-corrected chi connectivity index (χ0v) is 11.0. The molecular weight excluding hydrogens is 244 g/mol. The quantitative estimate of drug-likeness (QED) is 0.893. The van der Waals surface area contributed by atoms with Crippen molar-refractivity contribution in [3.05, 3.63) is 53.2 Å². The van der Waals surface area contributed by atoms with Gasteiger partial charge in [0.05, 0.1) is 18.5 Å². The van der Waals surface area contributed by atoms with E-state index in [1.807, 2.05) is 37.1 Å². The number of aromatic nitrogens is 1. The fourth-order valence-corrected chi connectivity index (χ4v) is 1.92. The minimum absolute atomic E-state index is 0.212. The van der Waals surface area contributed by atoms with Gasteiger partial charge in [0.25, 0.3) is 0 Å². The highest BCUT2D eigenvalue weighted by molar-refractivity contribution is 5.88. The molecule has 0 aromatic carbocycles. The number of pyridine rings is 1. The lowest BCUT2D eigenvalue weighted by atomic mass is 10.2. The van der Waals surface area contributed by atoms with Crippen LogP contribution in [0.3, 0.4) is 0 Å². The normalized spacial score (nSPS) is 10.9. The molecule has 2 aromatic heterocycles. The maximum atomic E-state index is 11.0. The molecule has 0 saturated carbocycles. The van der Waals surface area contributed by atoms with Crippen molar-refractivity contribution in [3.8, 4) is 0 Å². The Morgan fingerprint density at radius 3 is 2.84 bits per heavy atom. The van der Waals surface area contributed by atoms with E-state index in [-0.39, 0.29) is 5.56 Å². The molecule has 2 aromatic rings. The molecule has 0 bridgehead atoms. The number of carboxylic acid groups (broad SMARTS) is 1. The van der Waals surface area contributed by atoms with Crippen molar-refractivity contribution >= 4 is 5.97 Å². The number of furan rings is 1. The molecule has 0 atom stereocenters. The fourth-order valence-electron chi connectivity index (χ4n) is 1.92. The van der Waals surface area contributed by atoms with E-state index in [0.29, 0.717) is 18.8 Å². The van der Waals surface area contributed by atoms with E-state index in [0.717, 1.165) is 11.4 Å². The van der Waals surface area contributed by atoms with Crippen LogP contribution in [0.25, 0.3) is 0 Å². The van der Waals surface area contributed by atoms with E-state index < -0.39 is 5.97 Å². The second-order valence-electron chi connectivity index (χ2n) is 4.51. The second kappa shape index (κ2) is 5.67. The van der Waals surface area contributed by atoms with Crippen molar-refractivity contribution in [2.75, 3.05) is 7.05 Å². The van der Waals surface area contributed by atoms with Gasteiger partial charge in [0.15, 0.2) is 0 Å². The number of carbonyl (C=O) groups is 1. The van der Waals surface area contributed by atoms with Crippen LogP contribution in [0.2, 0.25) is 0 Å². The van der Waals surface area contributed by atoms with E-state index in [1.54, 1.807) is 0 Å². The average molecular weight is 260 g/mol. The molecule has 0 unspecified atom stereocenters. The van der Waals surface area contributed by atoms with Gasteiger partial charge in [-0.1, -0.05) is 6.07 Å². The first-order valence-corrected chi connectivity index (χ1v) is 5.97. The summed E-state index contributed by atoms with van der Waals surface area (Å²) in [5.74, 6) is -0.506. The Balaban J connectivity index is 2.03. The maximum Gasteiger partial charge on any atom is 0.339 e. The van der Waals surface area contributed by atoms with Gasteiger partial charge in [-0.3, -0.25) is 9.88 Å². The first-order chi connectivity index (χ1) is 9.06. The zero-order valence-electron chi connectivity index (χ0n) is 11.0. The van der Waals surface area contributed by atoms with Crippen LogP contribution in [0.5, 0.6) is 0 Å². The molecule has 2 heterocycles. The van der Waals surface area contributed by atoms with Crippen LogP contribution < -0.4 is 0 Å². The van der Waals surface area contributed by atoms with Crippen molar-refractivity contribution in [1.29, 1.82) is 0 Å². The van der Waals surface area contributed by atoms with Crippen molar-refractivity contribution in [1.82, 2.24) is 9.88 Å². The number of nitrogens with zero attached hydrogens (tertiary/aromatic N) is 2. The number of carboxylic acids is 1. The topological polar surface area (TPSA) is 66.6 Å². The molecule has 0 spiro atoms. The summed E-state index contributed by atoms with van der Waals surface area (Å²) in [4.78, 5) is 17.4. The predicted molar refractivity (Wildman–Crippen MR) is 69.8 cm³/mol. The van der Waals surface area contributed by atoms with Crippen LogP contribution in [-0.2, 0) is 13.1 Å². The summed E-state index contributed by atoms with van der Waals surface area (Å²) in [5, 5.41) is 9.00. The highest BCUT2D eigenvalue weighted by Crippen LogP contribution is 2.14. The Morgan fingerprint density at radius 1 is 1.37 bits per heavy atom. The Labute approximate surface area is 111 Å². The van der Waals surface area contributed by atoms with Crippen molar-refractivity contribution in [2.45, 2.75) is 20.0 Å². The van der Waals surface area contributed by atoms with E-state index in [1.165, 1.54) is 12.3 Å². The van der Waals surface area contributed by atoms with Crippen molar-refractivity contribution in [2.24, 2.45) is 0 Å². The van der Waals surface area contributed by atoms with Crippen LogP contribution >= 0.6 is 0 Å². The molecule has 1 N–H and O–H groups in total. The minimum Gasteiger partial charge on any atom is -0.478 e. The molecule has 0 aliphatic rings. The summed E-state index contributed by atoms with van der Waals surface area (Å²) in [5.41, 5.74) is 2.13. The van der Waals surface area contributed by atoms with Gasteiger partial charge < -0.3 is 9.52 Å². The summed E-state index contributed by atoms with van der Waals surface area (Å²) in [6.07, 6.45) is 1.40. The number of hydrogen-bond acceptors (Lipinski definition) is 4. The van der Waals surface area contributed by atoms with E-state index >= 15 is 0 Å². The van der Waals surface area contributed by atoms with Crippen molar-refractivity contribution < 1.29 is 14.3 Å². The lowest BCUT2D eigenvalue weighted by Gasteiger charge is -2.15. The SMILES string of the molecule is Cc1cccc(CN(C)Cc2occc2C(=O)O)n1. The summed E-state index contributed by atoms with van der Waals surface area (Å²) in [6.45, 7) is 3.02. The van der Waals surface area contributed by atoms with Gasteiger partial charge in [-0.15, -0.1) is 0 Å². The van der Waals surface area contributed by atoms with E-state index in [9.17, 15) is 4.79 Å². The third-order valence-corrected chi connectivity index (χ3v) is 2.77. The van der Waals surface area contributed by atoms with Gasteiger partial charge in [0.1, 0.15) is 11.3 Å². The molecule has 0 radical (unpaired) electrons. The summed E-state index contributed by atoms with van der Waals surface area (Å²) in [7, 11) is 1.90. The highest BCUT2D eigenvalue weighted by atomic mass is 16.4. The molecule has 5 nitrogen and oxygen atoms in total. The Bertz CT molecular complexity index is 578. The zero-order chi connectivity index (χ0) is 13.8. The standard InChI is InChI=1S/C14H16N2O3/c1-10-4-3-5-11(15-10)8-16(2)9-13-12(14(17)18)6-7-19-13/h3-7H,8-9H2,1-2H3,(H,17,18). The molecule has 19 heavy (non-hydrogen) atoms. The molecule has 0 fully saturated rings. The maximum absolute atomic E-state index is 11.0. The minimum atomic E-state index is -0.967. The van der Waals surface area contributed by atoms with Crippen LogP contribution in [0.4, 0.5) is 0 Å². The summed E-state index contributed by atoms with van der Waals surface area (Å²) in [6, 6.07) is 7.32.